The molecule has 0 fully saturated rings. The minimum atomic E-state index is -0.186. The molecule has 0 saturated heterocycles. The fourth-order valence-corrected chi connectivity index (χ4v) is 3.04. The SMILES string of the molecule is C/C=C(\C=C(/C)OCC(=O)NC(C)C)c1ncc(OCCN(C)C)c(Nc2ccc(N)c(C=N)c2)n1.CC. The quantitative estimate of drug-likeness (QED) is 0.129. The van der Waals surface area contributed by atoms with E-state index in [0.29, 0.717) is 46.7 Å². The van der Waals surface area contributed by atoms with Crippen LogP contribution in [0.5, 0.6) is 5.75 Å². The van der Waals surface area contributed by atoms with E-state index in [0.717, 1.165) is 12.1 Å². The summed E-state index contributed by atoms with van der Waals surface area (Å²) in [5, 5.41) is 13.6. The lowest BCUT2D eigenvalue weighted by Crippen LogP contribution is -2.33. The largest absolute Gasteiger partial charge is 0.488 e. The van der Waals surface area contributed by atoms with E-state index in [2.05, 4.69) is 15.6 Å². The Hall–Kier alpha value is -3.92. The summed E-state index contributed by atoms with van der Waals surface area (Å²) >= 11 is 0. The number of rotatable bonds is 13. The third kappa shape index (κ3) is 11.0. The van der Waals surface area contributed by atoms with Crippen LogP contribution in [-0.2, 0) is 9.53 Å². The highest BCUT2D eigenvalue weighted by Gasteiger charge is 2.13. The first-order valence-corrected chi connectivity index (χ1v) is 12.7. The molecule has 0 atom stereocenters. The van der Waals surface area contributed by atoms with Gasteiger partial charge in [0.25, 0.3) is 5.91 Å². The van der Waals surface area contributed by atoms with E-state index in [4.69, 9.17) is 25.6 Å². The van der Waals surface area contributed by atoms with E-state index in [1.165, 1.54) is 6.21 Å². The second-order valence-electron chi connectivity index (χ2n) is 8.68. The van der Waals surface area contributed by atoms with Crippen molar-refractivity contribution in [1.29, 1.82) is 5.41 Å². The summed E-state index contributed by atoms with van der Waals surface area (Å²) in [4.78, 5) is 23.1. The number of nitrogen functional groups attached to an aromatic ring is 1. The number of hydrogen-bond acceptors (Lipinski definition) is 9. The minimum Gasteiger partial charge on any atom is -0.488 e. The van der Waals surface area contributed by atoms with E-state index in [1.54, 1.807) is 31.3 Å². The molecule has 10 heteroatoms. The first-order chi connectivity index (χ1) is 18.1. The third-order valence-electron chi connectivity index (χ3n) is 4.86. The lowest BCUT2D eigenvalue weighted by molar-refractivity contribution is -0.124. The molecule has 0 radical (unpaired) electrons. The maximum Gasteiger partial charge on any atom is 0.258 e. The van der Waals surface area contributed by atoms with Crippen LogP contribution >= 0.6 is 0 Å². The Morgan fingerprint density at radius 3 is 2.58 bits per heavy atom. The Bertz CT molecular complexity index is 1110. The maximum absolute atomic E-state index is 11.9. The lowest BCUT2D eigenvalue weighted by atomic mass is 10.1. The molecule has 0 spiro atoms. The Morgan fingerprint density at radius 1 is 1.26 bits per heavy atom. The molecule has 1 heterocycles. The molecule has 2 aromatic rings. The highest BCUT2D eigenvalue weighted by Crippen LogP contribution is 2.28. The number of likely N-dealkylation sites (N-methyl/N-ethyl adjacent to an activating group) is 1. The van der Waals surface area contributed by atoms with Gasteiger partial charge in [-0.05, 0) is 66.1 Å². The highest BCUT2D eigenvalue weighted by molar-refractivity contribution is 5.87. The third-order valence-corrected chi connectivity index (χ3v) is 4.86. The summed E-state index contributed by atoms with van der Waals surface area (Å²) in [6.07, 6.45) is 6.47. The van der Waals surface area contributed by atoms with Crippen LogP contribution < -0.4 is 21.1 Å². The van der Waals surface area contributed by atoms with Crippen molar-refractivity contribution in [2.45, 2.75) is 47.6 Å². The van der Waals surface area contributed by atoms with Crippen LogP contribution in [0, 0.1) is 5.41 Å². The molecule has 0 unspecified atom stereocenters. The van der Waals surface area contributed by atoms with Gasteiger partial charge in [0.15, 0.2) is 24.0 Å². The van der Waals surface area contributed by atoms with Gasteiger partial charge in [0.1, 0.15) is 6.61 Å². The van der Waals surface area contributed by atoms with Crippen molar-refractivity contribution in [2.24, 2.45) is 0 Å². The topological polar surface area (TPSA) is 138 Å². The van der Waals surface area contributed by atoms with Gasteiger partial charge in [-0.15, -0.1) is 0 Å². The summed E-state index contributed by atoms with van der Waals surface area (Å²) in [5.41, 5.74) is 8.46. The molecule has 2 rings (SSSR count). The average molecular weight is 526 g/mol. The summed E-state index contributed by atoms with van der Waals surface area (Å²) in [6.45, 7) is 12.5. The van der Waals surface area contributed by atoms with Crippen LogP contribution in [0.3, 0.4) is 0 Å². The van der Waals surface area contributed by atoms with Crippen molar-refractivity contribution in [3.05, 3.63) is 53.7 Å². The van der Waals surface area contributed by atoms with Gasteiger partial charge in [-0.1, -0.05) is 19.9 Å². The van der Waals surface area contributed by atoms with Gasteiger partial charge in [-0.25, -0.2) is 9.97 Å². The van der Waals surface area contributed by atoms with Crippen LogP contribution in [0.25, 0.3) is 5.57 Å². The molecule has 1 aromatic heterocycles. The number of ether oxygens (including phenoxy) is 2. The number of carbonyl (C=O) groups is 1. The molecular weight excluding hydrogens is 482 g/mol. The molecule has 208 valence electrons. The van der Waals surface area contributed by atoms with Crippen LogP contribution in [0.2, 0.25) is 0 Å². The number of nitrogens with one attached hydrogen (secondary N) is 3. The number of nitrogens with two attached hydrogens (primary N) is 1. The van der Waals surface area contributed by atoms with Gasteiger partial charge >= 0.3 is 0 Å². The molecule has 1 amide bonds. The number of carbonyl (C=O) groups excluding carboxylic acids is 1. The lowest BCUT2D eigenvalue weighted by Gasteiger charge is -2.16. The molecule has 5 N–H and O–H groups in total. The van der Waals surface area contributed by atoms with Gasteiger partial charge < -0.3 is 36.2 Å². The second kappa shape index (κ2) is 16.8. The predicted molar refractivity (Wildman–Crippen MR) is 156 cm³/mol. The van der Waals surface area contributed by atoms with Crippen LogP contribution in [-0.4, -0.2) is 66.9 Å². The van der Waals surface area contributed by atoms with Gasteiger partial charge in [0.2, 0.25) is 0 Å². The number of allylic oxidation sites excluding steroid dienone is 4. The van der Waals surface area contributed by atoms with Crippen molar-refractivity contribution in [3.63, 3.8) is 0 Å². The van der Waals surface area contributed by atoms with E-state index in [-0.39, 0.29) is 18.6 Å². The Morgan fingerprint density at radius 2 is 1.97 bits per heavy atom. The molecular formula is C28H43N7O3. The highest BCUT2D eigenvalue weighted by atomic mass is 16.5. The van der Waals surface area contributed by atoms with Crippen molar-refractivity contribution >= 4 is 34.9 Å². The van der Waals surface area contributed by atoms with E-state index < -0.39 is 0 Å². The number of aromatic nitrogens is 2. The number of hydrogen-bond donors (Lipinski definition) is 4. The smallest absolute Gasteiger partial charge is 0.258 e. The van der Waals surface area contributed by atoms with Crippen molar-refractivity contribution in [1.82, 2.24) is 20.2 Å². The Kier molecular flexibility index (Phi) is 14.2. The zero-order valence-corrected chi connectivity index (χ0v) is 23.9. The number of benzene rings is 1. The number of nitrogens with zero attached hydrogens (tertiary/aromatic N) is 3. The van der Waals surface area contributed by atoms with Gasteiger partial charge in [-0.3, -0.25) is 4.79 Å². The van der Waals surface area contributed by atoms with Crippen LogP contribution in [0.1, 0.15) is 52.9 Å². The molecule has 0 saturated carbocycles. The molecule has 0 aliphatic heterocycles. The minimum absolute atomic E-state index is 0.0467. The zero-order valence-electron chi connectivity index (χ0n) is 23.9. The van der Waals surface area contributed by atoms with Crippen molar-refractivity contribution in [2.75, 3.05) is 44.9 Å². The predicted octanol–water partition coefficient (Wildman–Crippen LogP) is 4.61. The van der Waals surface area contributed by atoms with Crippen LogP contribution in [0.15, 0.2) is 42.3 Å². The van der Waals surface area contributed by atoms with Crippen molar-refractivity contribution in [3.8, 4) is 5.75 Å². The van der Waals surface area contributed by atoms with Crippen molar-refractivity contribution < 1.29 is 14.3 Å². The second-order valence-corrected chi connectivity index (χ2v) is 8.68. The summed E-state index contributed by atoms with van der Waals surface area (Å²) in [7, 11) is 3.94. The Labute approximate surface area is 226 Å². The summed E-state index contributed by atoms with van der Waals surface area (Å²) in [5.74, 6) is 1.79. The van der Waals surface area contributed by atoms with E-state index >= 15 is 0 Å². The fourth-order valence-electron chi connectivity index (χ4n) is 3.04. The maximum atomic E-state index is 11.9. The molecule has 0 aliphatic rings. The molecule has 38 heavy (non-hydrogen) atoms. The molecule has 0 bridgehead atoms. The standard InChI is InChI=1S/C26H37N7O3.C2H6/c1-7-19(12-18(4)36-16-24(34)30-17(2)3)25-29-15-23(35-11-10-33(5)6)26(32-25)31-21-8-9-22(28)20(13-21)14-27;1-2/h7-9,12-15,17,27H,10-11,16,28H2,1-6H3,(H,30,34)(H,29,31,32);1-2H3/b18-12+,19-7+,27-14?;. The average Bonchev–Trinajstić information content (AvgIpc) is 2.88. The first-order valence-electron chi connectivity index (χ1n) is 12.7. The zero-order chi connectivity index (χ0) is 28.7. The summed E-state index contributed by atoms with van der Waals surface area (Å²) in [6, 6.07) is 5.35. The fraction of sp³-hybridized carbons (Fsp3) is 0.429. The Balaban J connectivity index is 0.00000352. The van der Waals surface area contributed by atoms with Gasteiger partial charge in [0.05, 0.1) is 12.0 Å². The van der Waals surface area contributed by atoms with Gasteiger partial charge in [0, 0.05) is 41.3 Å². The van der Waals surface area contributed by atoms with E-state index in [9.17, 15) is 4.79 Å². The molecule has 1 aromatic carbocycles. The normalized spacial score (nSPS) is 11.5. The monoisotopic (exact) mass is 525 g/mol. The van der Waals surface area contributed by atoms with Crippen LogP contribution in [0.4, 0.5) is 17.2 Å². The van der Waals surface area contributed by atoms with Gasteiger partial charge in [-0.2, -0.15) is 0 Å². The summed E-state index contributed by atoms with van der Waals surface area (Å²) < 4.78 is 11.5. The number of amides is 1. The number of anilines is 3. The molecule has 0 aliphatic carbocycles. The molecule has 10 nitrogen and oxygen atoms in total. The first kappa shape index (κ1) is 32.1. The van der Waals surface area contributed by atoms with E-state index in [1.807, 2.05) is 65.8 Å².